The number of aliphatic carboxylic acids is 1. The van der Waals surface area contributed by atoms with Crippen molar-refractivity contribution in [3.05, 3.63) is 0 Å². The van der Waals surface area contributed by atoms with E-state index >= 15 is 0 Å². The first kappa shape index (κ1) is 12.5. The number of hydrogen-bond acceptors (Lipinski definition) is 2. The van der Waals surface area contributed by atoms with Gasteiger partial charge in [0, 0.05) is 5.92 Å². The van der Waals surface area contributed by atoms with Gasteiger partial charge in [0.05, 0.1) is 0 Å². The molecule has 0 amide bonds. The molecule has 1 aliphatic rings. The third kappa shape index (κ3) is 2.17. The van der Waals surface area contributed by atoms with E-state index in [9.17, 15) is 15.0 Å². The molecule has 3 unspecified atom stereocenters. The summed E-state index contributed by atoms with van der Waals surface area (Å²) in [5.74, 6) is -1.08. The van der Waals surface area contributed by atoms with Crippen LogP contribution in [-0.2, 0) is 4.79 Å². The largest absolute Gasteiger partial charge is 0.479 e. The van der Waals surface area contributed by atoms with E-state index in [0.717, 1.165) is 25.7 Å². The van der Waals surface area contributed by atoms with Crippen molar-refractivity contribution in [1.82, 2.24) is 0 Å². The highest BCUT2D eigenvalue weighted by atomic mass is 16.4. The van der Waals surface area contributed by atoms with Gasteiger partial charge in [-0.1, -0.05) is 40.0 Å². The van der Waals surface area contributed by atoms with E-state index in [2.05, 4.69) is 6.92 Å². The van der Waals surface area contributed by atoms with Crippen molar-refractivity contribution in [2.24, 2.45) is 17.8 Å². The Hall–Kier alpha value is -0.570. The Kier molecular flexibility index (Phi) is 3.77. The van der Waals surface area contributed by atoms with Crippen LogP contribution in [0, 0.1) is 17.8 Å². The molecule has 0 aromatic heterocycles. The summed E-state index contributed by atoms with van der Waals surface area (Å²) in [4.78, 5) is 11.3. The van der Waals surface area contributed by atoms with E-state index in [1.165, 1.54) is 0 Å². The fourth-order valence-electron chi connectivity index (χ4n) is 2.80. The first-order valence-electron chi connectivity index (χ1n) is 5.86. The van der Waals surface area contributed by atoms with Gasteiger partial charge in [-0.05, 0) is 18.3 Å². The lowest BCUT2D eigenvalue weighted by molar-refractivity contribution is -0.177. The van der Waals surface area contributed by atoms with E-state index in [-0.39, 0.29) is 11.8 Å². The second-order valence-corrected chi connectivity index (χ2v) is 5.15. The molecule has 1 aliphatic carbocycles. The number of carboxylic acid groups (broad SMARTS) is 1. The lowest BCUT2D eigenvalue weighted by Gasteiger charge is -2.41. The summed E-state index contributed by atoms with van der Waals surface area (Å²) in [6.45, 7) is 5.63. The van der Waals surface area contributed by atoms with E-state index in [1.54, 1.807) is 13.8 Å². The molecule has 0 saturated heterocycles. The van der Waals surface area contributed by atoms with Crippen LogP contribution in [0.4, 0.5) is 0 Å². The minimum absolute atomic E-state index is 0.0938. The highest BCUT2D eigenvalue weighted by molar-refractivity contribution is 5.78. The van der Waals surface area contributed by atoms with Gasteiger partial charge in [0.15, 0.2) is 5.60 Å². The normalized spacial score (nSPS) is 31.3. The summed E-state index contributed by atoms with van der Waals surface area (Å²) in [5, 5.41) is 19.6. The molecule has 0 spiro atoms. The fourth-order valence-corrected chi connectivity index (χ4v) is 2.80. The van der Waals surface area contributed by atoms with E-state index < -0.39 is 11.6 Å². The quantitative estimate of drug-likeness (QED) is 0.757. The molecule has 1 saturated carbocycles. The summed E-state index contributed by atoms with van der Waals surface area (Å²) in [6, 6.07) is 0. The average Bonchev–Trinajstić information content (AvgIpc) is 2.16. The number of hydrogen-bond donors (Lipinski definition) is 2. The molecule has 15 heavy (non-hydrogen) atoms. The molecule has 0 heterocycles. The van der Waals surface area contributed by atoms with Gasteiger partial charge in [0.25, 0.3) is 0 Å². The van der Waals surface area contributed by atoms with Gasteiger partial charge < -0.3 is 10.2 Å². The van der Waals surface area contributed by atoms with Gasteiger partial charge in [0.2, 0.25) is 0 Å². The number of carboxylic acids is 1. The van der Waals surface area contributed by atoms with Crippen LogP contribution in [-0.4, -0.2) is 21.8 Å². The zero-order chi connectivity index (χ0) is 11.6. The predicted molar refractivity (Wildman–Crippen MR) is 58.5 cm³/mol. The van der Waals surface area contributed by atoms with Crippen LogP contribution in [0.1, 0.15) is 46.5 Å². The first-order chi connectivity index (χ1) is 6.90. The molecular weight excluding hydrogens is 192 g/mol. The third-order valence-corrected chi connectivity index (χ3v) is 3.90. The summed E-state index contributed by atoms with van der Waals surface area (Å²) >= 11 is 0. The lowest BCUT2D eigenvalue weighted by atomic mass is 9.67. The van der Waals surface area contributed by atoms with Crippen molar-refractivity contribution >= 4 is 5.97 Å². The second kappa shape index (κ2) is 4.52. The molecule has 0 aromatic carbocycles. The highest BCUT2D eigenvalue weighted by Gasteiger charge is 2.49. The minimum Gasteiger partial charge on any atom is -0.479 e. The molecule has 0 aliphatic heterocycles. The van der Waals surface area contributed by atoms with E-state index in [1.807, 2.05) is 0 Å². The number of aliphatic hydroxyl groups is 1. The van der Waals surface area contributed by atoms with Gasteiger partial charge in [-0.2, -0.15) is 0 Å². The first-order valence-corrected chi connectivity index (χ1v) is 5.86. The van der Waals surface area contributed by atoms with Crippen LogP contribution in [0.5, 0.6) is 0 Å². The average molecular weight is 214 g/mol. The molecular formula is C12H22O3. The maximum Gasteiger partial charge on any atom is 0.336 e. The summed E-state index contributed by atoms with van der Waals surface area (Å²) in [6.07, 6.45) is 4.07. The van der Waals surface area contributed by atoms with Gasteiger partial charge in [-0.25, -0.2) is 4.79 Å². The maximum atomic E-state index is 11.3. The van der Waals surface area contributed by atoms with Crippen LogP contribution in [0.25, 0.3) is 0 Å². The van der Waals surface area contributed by atoms with Gasteiger partial charge in [-0.15, -0.1) is 0 Å². The van der Waals surface area contributed by atoms with Crippen molar-refractivity contribution in [3.63, 3.8) is 0 Å². The summed E-state index contributed by atoms with van der Waals surface area (Å²) in [5.41, 5.74) is -1.54. The summed E-state index contributed by atoms with van der Waals surface area (Å²) < 4.78 is 0. The Morgan fingerprint density at radius 1 is 1.33 bits per heavy atom. The molecule has 88 valence electrons. The van der Waals surface area contributed by atoms with Crippen LogP contribution < -0.4 is 0 Å². The number of carbonyl (C=O) groups is 1. The van der Waals surface area contributed by atoms with Gasteiger partial charge in [0.1, 0.15) is 0 Å². The van der Waals surface area contributed by atoms with Gasteiger partial charge in [-0.3, -0.25) is 0 Å². The zero-order valence-electron chi connectivity index (χ0n) is 9.86. The van der Waals surface area contributed by atoms with Crippen LogP contribution in [0.3, 0.4) is 0 Å². The minimum atomic E-state index is -1.54. The monoisotopic (exact) mass is 214 g/mol. The van der Waals surface area contributed by atoms with E-state index in [0.29, 0.717) is 5.92 Å². The van der Waals surface area contributed by atoms with Crippen molar-refractivity contribution in [2.45, 2.75) is 52.1 Å². The van der Waals surface area contributed by atoms with Crippen molar-refractivity contribution in [2.75, 3.05) is 0 Å². The molecule has 1 fully saturated rings. The molecule has 0 bridgehead atoms. The Bertz CT molecular complexity index is 237. The molecule has 3 nitrogen and oxygen atoms in total. The Morgan fingerprint density at radius 3 is 2.27 bits per heavy atom. The number of rotatable bonds is 3. The standard InChI is InChI=1S/C12H22O3/c1-8(2)12(15,11(13)14)10-7-5-4-6-9(10)3/h8-10,15H,4-7H2,1-3H3,(H,13,14). The summed E-state index contributed by atoms with van der Waals surface area (Å²) in [7, 11) is 0. The molecule has 0 radical (unpaired) electrons. The Balaban J connectivity index is 2.92. The molecule has 3 atom stereocenters. The highest BCUT2D eigenvalue weighted by Crippen LogP contribution is 2.40. The Labute approximate surface area is 91.5 Å². The third-order valence-electron chi connectivity index (χ3n) is 3.90. The maximum absolute atomic E-state index is 11.3. The van der Waals surface area contributed by atoms with Crippen molar-refractivity contribution in [1.29, 1.82) is 0 Å². The van der Waals surface area contributed by atoms with Crippen LogP contribution in [0.15, 0.2) is 0 Å². The molecule has 3 heteroatoms. The molecule has 2 N–H and O–H groups in total. The van der Waals surface area contributed by atoms with Crippen LogP contribution in [0.2, 0.25) is 0 Å². The topological polar surface area (TPSA) is 57.5 Å². The van der Waals surface area contributed by atoms with Crippen molar-refractivity contribution in [3.8, 4) is 0 Å². The molecule has 1 rings (SSSR count). The van der Waals surface area contributed by atoms with Crippen molar-refractivity contribution < 1.29 is 15.0 Å². The smallest absolute Gasteiger partial charge is 0.336 e. The zero-order valence-corrected chi connectivity index (χ0v) is 9.86. The Morgan fingerprint density at radius 2 is 1.87 bits per heavy atom. The SMILES string of the molecule is CC1CCCCC1C(O)(C(=O)O)C(C)C. The lowest BCUT2D eigenvalue weighted by Crippen LogP contribution is -2.53. The van der Waals surface area contributed by atoms with E-state index in [4.69, 9.17) is 0 Å². The molecule has 0 aromatic rings. The van der Waals surface area contributed by atoms with Crippen LogP contribution >= 0.6 is 0 Å². The fraction of sp³-hybridized carbons (Fsp3) is 0.917. The predicted octanol–water partition coefficient (Wildman–Crippen LogP) is 2.28. The van der Waals surface area contributed by atoms with Gasteiger partial charge >= 0.3 is 5.97 Å². The second-order valence-electron chi connectivity index (χ2n) is 5.15.